The molecule has 0 fully saturated rings. The fourth-order valence-corrected chi connectivity index (χ4v) is 2.45. The third-order valence-electron chi connectivity index (χ3n) is 3.80. The Morgan fingerprint density at radius 2 is 1.56 bits per heavy atom. The third kappa shape index (κ3) is 4.65. The van der Waals surface area contributed by atoms with E-state index in [4.69, 9.17) is 0 Å². The van der Waals surface area contributed by atoms with Crippen LogP contribution in [0.15, 0.2) is 79.1 Å². The minimum absolute atomic E-state index is 0.144. The highest BCUT2D eigenvalue weighted by Gasteiger charge is 2.09. The maximum Gasteiger partial charge on any atom is 0.319 e. The lowest BCUT2D eigenvalue weighted by atomic mass is 10.1. The number of carbonyl (C=O) groups is 1. The number of pyridine rings is 1. The van der Waals surface area contributed by atoms with Gasteiger partial charge in [-0.15, -0.1) is 0 Å². The molecule has 1 heterocycles. The minimum atomic E-state index is -0.735. The second-order valence-electron chi connectivity index (χ2n) is 5.57. The van der Waals surface area contributed by atoms with Gasteiger partial charge in [0.25, 0.3) is 0 Å². The van der Waals surface area contributed by atoms with Gasteiger partial charge in [-0.05, 0) is 41.0 Å². The lowest BCUT2D eigenvalue weighted by Crippen LogP contribution is -2.32. The van der Waals surface area contributed by atoms with E-state index in [1.54, 1.807) is 12.4 Å². The van der Waals surface area contributed by atoms with E-state index < -0.39 is 6.10 Å². The number of hydrogen-bond donors (Lipinski definition) is 3. The van der Waals surface area contributed by atoms with Crippen LogP contribution in [0, 0.1) is 0 Å². The zero-order valence-electron chi connectivity index (χ0n) is 13.6. The number of amides is 2. The topological polar surface area (TPSA) is 74.2 Å². The zero-order valence-corrected chi connectivity index (χ0v) is 13.6. The summed E-state index contributed by atoms with van der Waals surface area (Å²) in [6, 6.07) is 20.3. The molecule has 0 aliphatic heterocycles. The largest absolute Gasteiger partial charge is 0.387 e. The van der Waals surface area contributed by atoms with Gasteiger partial charge in [0.15, 0.2) is 0 Å². The molecule has 1 atom stereocenters. The maximum absolute atomic E-state index is 12.0. The minimum Gasteiger partial charge on any atom is -0.387 e. The number of anilines is 1. The Morgan fingerprint density at radius 3 is 2.24 bits per heavy atom. The number of nitrogens with zero attached hydrogens (tertiary/aromatic N) is 1. The predicted molar refractivity (Wildman–Crippen MR) is 98.1 cm³/mol. The number of aromatic nitrogens is 1. The molecule has 3 aromatic rings. The number of aliphatic hydroxyl groups excluding tert-OH is 1. The van der Waals surface area contributed by atoms with Gasteiger partial charge >= 0.3 is 6.03 Å². The monoisotopic (exact) mass is 333 g/mol. The number of benzene rings is 2. The molecule has 0 unspecified atom stereocenters. The maximum atomic E-state index is 12.0. The van der Waals surface area contributed by atoms with Crippen LogP contribution in [-0.4, -0.2) is 22.7 Å². The van der Waals surface area contributed by atoms with Gasteiger partial charge in [0.1, 0.15) is 0 Å². The van der Waals surface area contributed by atoms with E-state index in [9.17, 15) is 9.90 Å². The fraction of sp³-hybridized carbons (Fsp3) is 0.100. The van der Waals surface area contributed by atoms with Crippen LogP contribution in [0.5, 0.6) is 0 Å². The molecule has 0 bridgehead atoms. The summed E-state index contributed by atoms with van der Waals surface area (Å²) < 4.78 is 0. The molecular weight excluding hydrogens is 314 g/mol. The molecule has 0 saturated heterocycles. The summed E-state index contributed by atoms with van der Waals surface area (Å²) in [4.78, 5) is 16.0. The van der Waals surface area contributed by atoms with Crippen molar-refractivity contribution in [1.29, 1.82) is 0 Å². The molecule has 0 saturated carbocycles. The standard InChI is InChI=1S/C20H19N3O2/c24-19(17-4-2-1-3-5-17)14-22-20(25)23-18-8-6-15(7-9-18)16-10-12-21-13-11-16/h1-13,19,24H,14H2,(H2,22,23,25)/t19-/m0/s1. The van der Waals surface area contributed by atoms with E-state index in [0.29, 0.717) is 5.69 Å². The first-order chi connectivity index (χ1) is 12.2. The molecule has 25 heavy (non-hydrogen) atoms. The first kappa shape index (κ1) is 16.7. The molecule has 2 amide bonds. The van der Waals surface area contributed by atoms with Crippen LogP contribution in [0.2, 0.25) is 0 Å². The van der Waals surface area contributed by atoms with E-state index in [2.05, 4.69) is 15.6 Å². The van der Waals surface area contributed by atoms with Crippen molar-refractivity contribution in [2.75, 3.05) is 11.9 Å². The van der Waals surface area contributed by atoms with Crippen LogP contribution in [-0.2, 0) is 0 Å². The van der Waals surface area contributed by atoms with Crippen molar-refractivity contribution >= 4 is 11.7 Å². The summed E-state index contributed by atoms with van der Waals surface area (Å²) in [5, 5.41) is 15.5. The molecule has 3 N–H and O–H groups in total. The molecule has 5 heteroatoms. The van der Waals surface area contributed by atoms with Gasteiger partial charge in [-0.25, -0.2) is 4.79 Å². The van der Waals surface area contributed by atoms with Crippen LogP contribution in [0.1, 0.15) is 11.7 Å². The highest BCUT2D eigenvalue weighted by Crippen LogP contribution is 2.20. The Bertz CT molecular complexity index is 805. The first-order valence-corrected chi connectivity index (χ1v) is 8.01. The van der Waals surface area contributed by atoms with Gasteiger partial charge in [0, 0.05) is 24.6 Å². The molecule has 5 nitrogen and oxygen atoms in total. The lowest BCUT2D eigenvalue weighted by Gasteiger charge is -2.13. The van der Waals surface area contributed by atoms with Gasteiger partial charge in [-0.1, -0.05) is 42.5 Å². The number of carbonyl (C=O) groups excluding carboxylic acids is 1. The number of nitrogens with one attached hydrogen (secondary N) is 2. The van der Waals surface area contributed by atoms with Crippen molar-refractivity contribution in [3.63, 3.8) is 0 Å². The van der Waals surface area contributed by atoms with Crippen molar-refractivity contribution in [1.82, 2.24) is 10.3 Å². The third-order valence-corrected chi connectivity index (χ3v) is 3.80. The Hall–Kier alpha value is -3.18. The normalized spacial score (nSPS) is 11.6. The quantitative estimate of drug-likeness (QED) is 0.668. The highest BCUT2D eigenvalue weighted by atomic mass is 16.3. The van der Waals surface area contributed by atoms with Gasteiger partial charge < -0.3 is 15.7 Å². The molecule has 0 aliphatic rings. The molecule has 0 spiro atoms. The number of hydrogen-bond acceptors (Lipinski definition) is 3. The Morgan fingerprint density at radius 1 is 0.920 bits per heavy atom. The van der Waals surface area contributed by atoms with Crippen LogP contribution in [0.4, 0.5) is 10.5 Å². The highest BCUT2D eigenvalue weighted by molar-refractivity contribution is 5.89. The van der Waals surface area contributed by atoms with E-state index >= 15 is 0 Å². The Balaban J connectivity index is 1.53. The van der Waals surface area contributed by atoms with Crippen LogP contribution >= 0.6 is 0 Å². The Labute approximate surface area is 146 Å². The zero-order chi connectivity index (χ0) is 17.5. The molecule has 1 aromatic heterocycles. The van der Waals surface area contributed by atoms with Gasteiger partial charge in [-0.3, -0.25) is 4.98 Å². The van der Waals surface area contributed by atoms with Crippen molar-refractivity contribution in [2.24, 2.45) is 0 Å². The predicted octanol–water partition coefficient (Wildman–Crippen LogP) is 3.60. The summed E-state index contributed by atoms with van der Waals surface area (Å²) in [7, 11) is 0. The second-order valence-corrected chi connectivity index (χ2v) is 5.57. The first-order valence-electron chi connectivity index (χ1n) is 8.01. The Kier molecular flexibility index (Phi) is 5.39. The number of rotatable bonds is 5. The van der Waals surface area contributed by atoms with E-state index in [1.165, 1.54) is 0 Å². The van der Waals surface area contributed by atoms with Gasteiger partial charge in [0.2, 0.25) is 0 Å². The van der Waals surface area contributed by atoms with Crippen LogP contribution in [0.3, 0.4) is 0 Å². The molecule has 126 valence electrons. The SMILES string of the molecule is O=C(NC[C@H](O)c1ccccc1)Nc1ccc(-c2ccncc2)cc1. The van der Waals surface area contributed by atoms with E-state index in [-0.39, 0.29) is 12.6 Å². The van der Waals surface area contributed by atoms with Gasteiger partial charge in [-0.2, -0.15) is 0 Å². The summed E-state index contributed by atoms with van der Waals surface area (Å²) in [5.41, 5.74) is 3.57. The average Bonchev–Trinajstić information content (AvgIpc) is 2.68. The average molecular weight is 333 g/mol. The molecule has 2 aromatic carbocycles. The molecular formula is C20H19N3O2. The van der Waals surface area contributed by atoms with Crippen molar-refractivity contribution in [3.05, 3.63) is 84.7 Å². The van der Waals surface area contributed by atoms with Crippen molar-refractivity contribution in [2.45, 2.75) is 6.10 Å². The summed E-state index contributed by atoms with van der Waals surface area (Å²) >= 11 is 0. The summed E-state index contributed by atoms with van der Waals surface area (Å²) in [5.74, 6) is 0. The summed E-state index contributed by atoms with van der Waals surface area (Å²) in [6.45, 7) is 0.144. The number of urea groups is 1. The van der Waals surface area contributed by atoms with Gasteiger partial charge in [0.05, 0.1) is 6.10 Å². The van der Waals surface area contributed by atoms with E-state index in [0.717, 1.165) is 16.7 Å². The van der Waals surface area contributed by atoms with E-state index in [1.807, 2.05) is 66.7 Å². The second kappa shape index (κ2) is 8.08. The smallest absolute Gasteiger partial charge is 0.319 e. The molecule has 0 radical (unpaired) electrons. The van der Waals surface area contributed by atoms with Crippen LogP contribution < -0.4 is 10.6 Å². The van der Waals surface area contributed by atoms with Crippen LogP contribution in [0.25, 0.3) is 11.1 Å². The van der Waals surface area contributed by atoms with Crippen molar-refractivity contribution < 1.29 is 9.90 Å². The lowest BCUT2D eigenvalue weighted by molar-refractivity contribution is 0.175. The molecule has 0 aliphatic carbocycles. The number of aliphatic hydroxyl groups is 1. The molecule has 3 rings (SSSR count). The fourth-order valence-electron chi connectivity index (χ4n) is 2.45. The summed E-state index contributed by atoms with van der Waals surface area (Å²) in [6.07, 6.45) is 2.75. The van der Waals surface area contributed by atoms with Crippen molar-refractivity contribution in [3.8, 4) is 11.1 Å².